The molecule has 1 fully saturated rings. The van der Waals surface area contributed by atoms with Gasteiger partial charge in [0, 0.05) is 32.7 Å². The Morgan fingerprint density at radius 2 is 2.00 bits per heavy atom. The standard InChI is InChI=1S/C9H18N2O3/c12-9-14-8-7-13-6-5-11-3-1-10-2-4-11/h9-10H,1-8H2. The summed E-state index contributed by atoms with van der Waals surface area (Å²) in [6, 6.07) is 0. The van der Waals surface area contributed by atoms with E-state index in [1.807, 2.05) is 0 Å². The molecule has 5 heteroatoms. The fourth-order valence-electron chi connectivity index (χ4n) is 1.39. The molecule has 0 saturated carbocycles. The Morgan fingerprint density at radius 1 is 1.21 bits per heavy atom. The van der Waals surface area contributed by atoms with E-state index in [2.05, 4.69) is 15.0 Å². The maximum absolute atomic E-state index is 9.79. The average molecular weight is 202 g/mol. The molecule has 1 rings (SSSR count). The summed E-state index contributed by atoms with van der Waals surface area (Å²) in [5.41, 5.74) is 0. The predicted octanol–water partition coefficient (Wildman–Crippen LogP) is -0.919. The normalized spacial score (nSPS) is 18.0. The molecule has 0 aliphatic carbocycles. The van der Waals surface area contributed by atoms with E-state index >= 15 is 0 Å². The minimum atomic E-state index is 0.352. The zero-order valence-corrected chi connectivity index (χ0v) is 8.41. The van der Waals surface area contributed by atoms with E-state index in [9.17, 15) is 4.79 Å². The topological polar surface area (TPSA) is 50.8 Å². The van der Waals surface area contributed by atoms with Crippen LogP contribution in [0.4, 0.5) is 0 Å². The minimum Gasteiger partial charge on any atom is -0.465 e. The minimum absolute atomic E-state index is 0.352. The molecule has 0 aromatic carbocycles. The highest BCUT2D eigenvalue weighted by molar-refractivity contribution is 5.36. The quantitative estimate of drug-likeness (QED) is 0.427. The number of nitrogens with zero attached hydrogens (tertiary/aromatic N) is 1. The van der Waals surface area contributed by atoms with Gasteiger partial charge in [-0.15, -0.1) is 0 Å². The van der Waals surface area contributed by atoms with Crippen molar-refractivity contribution in [1.82, 2.24) is 10.2 Å². The number of rotatable bonds is 7. The van der Waals surface area contributed by atoms with Gasteiger partial charge in [0.05, 0.1) is 13.2 Å². The number of nitrogens with one attached hydrogen (secondary N) is 1. The zero-order valence-electron chi connectivity index (χ0n) is 8.41. The van der Waals surface area contributed by atoms with Crippen molar-refractivity contribution in [2.45, 2.75) is 0 Å². The lowest BCUT2D eigenvalue weighted by molar-refractivity contribution is -0.130. The van der Waals surface area contributed by atoms with E-state index in [0.29, 0.717) is 26.3 Å². The van der Waals surface area contributed by atoms with Gasteiger partial charge in [0.1, 0.15) is 6.61 Å². The summed E-state index contributed by atoms with van der Waals surface area (Å²) in [6.07, 6.45) is 0. The van der Waals surface area contributed by atoms with Gasteiger partial charge in [-0.25, -0.2) is 0 Å². The number of carbonyl (C=O) groups is 1. The molecule has 1 aliphatic rings. The van der Waals surface area contributed by atoms with Gasteiger partial charge in [-0.1, -0.05) is 0 Å². The number of ether oxygens (including phenoxy) is 2. The smallest absolute Gasteiger partial charge is 0.293 e. The second-order valence-corrected chi connectivity index (χ2v) is 3.17. The molecule has 1 N–H and O–H groups in total. The maximum Gasteiger partial charge on any atom is 0.293 e. The van der Waals surface area contributed by atoms with Crippen LogP contribution in [0.3, 0.4) is 0 Å². The van der Waals surface area contributed by atoms with Gasteiger partial charge in [-0.2, -0.15) is 0 Å². The number of piperazine rings is 1. The van der Waals surface area contributed by atoms with Crippen molar-refractivity contribution < 1.29 is 14.3 Å². The summed E-state index contributed by atoms with van der Waals surface area (Å²) in [7, 11) is 0. The van der Waals surface area contributed by atoms with Gasteiger partial charge in [0.15, 0.2) is 0 Å². The van der Waals surface area contributed by atoms with Gasteiger partial charge < -0.3 is 14.8 Å². The Morgan fingerprint density at radius 3 is 2.71 bits per heavy atom. The number of hydrogen-bond donors (Lipinski definition) is 1. The summed E-state index contributed by atoms with van der Waals surface area (Å²) in [4.78, 5) is 12.2. The van der Waals surface area contributed by atoms with Crippen molar-refractivity contribution in [1.29, 1.82) is 0 Å². The third kappa shape index (κ3) is 5.16. The van der Waals surface area contributed by atoms with Crippen LogP contribution in [0.2, 0.25) is 0 Å². The lowest BCUT2D eigenvalue weighted by Crippen LogP contribution is -2.44. The maximum atomic E-state index is 9.79. The van der Waals surface area contributed by atoms with Crippen LogP contribution in [0.15, 0.2) is 0 Å². The molecule has 82 valence electrons. The molecule has 14 heavy (non-hydrogen) atoms. The summed E-state index contributed by atoms with van der Waals surface area (Å²) in [6.45, 7) is 7.27. The van der Waals surface area contributed by atoms with E-state index in [1.54, 1.807) is 0 Å². The molecule has 0 aromatic rings. The highest BCUT2D eigenvalue weighted by Gasteiger charge is 2.07. The first-order chi connectivity index (χ1) is 6.93. The Kier molecular flexibility index (Phi) is 6.30. The summed E-state index contributed by atoms with van der Waals surface area (Å²) in [5.74, 6) is 0. The Balaban J connectivity index is 1.85. The second-order valence-electron chi connectivity index (χ2n) is 3.17. The van der Waals surface area contributed by atoms with Crippen molar-refractivity contribution >= 4 is 6.47 Å². The predicted molar refractivity (Wildman–Crippen MR) is 52.1 cm³/mol. The van der Waals surface area contributed by atoms with Crippen molar-refractivity contribution in [2.75, 3.05) is 52.5 Å². The molecule has 0 aromatic heterocycles. The van der Waals surface area contributed by atoms with Crippen LogP contribution in [-0.2, 0) is 14.3 Å². The molecule has 5 nitrogen and oxygen atoms in total. The highest BCUT2D eigenvalue weighted by Crippen LogP contribution is 1.91. The van der Waals surface area contributed by atoms with Gasteiger partial charge in [-0.3, -0.25) is 9.69 Å². The van der Waals surface area contributed by atoms with Gasteiger partial charge in [0.25, 0.3) is 6.47 Å². The second kappa shape index (κ2) is 7.73. The Labute approximate surface area is 84.4 Å². The molecule has 0 unspecified atom stereocenters. The van der Waals surface area contributed by atoms with Crippen LogP contribution in [0, 0.1) is 0 Å². The van der Waals surface area contributed by atoms with E-state index in [1.165, 1.54) is 0 Å². The van der Waals surface area contributed by atoms with Crippen LogP contribution < -0.4 is 5.32 Å². The lowest BCUT2D eigenvalue weighted by atomic mass is 10.4. The van der Waals surface area contributed by atoms with Gasteiger partial charge >= 0.3 is 0 Å². The monoisotopic (exact) mass is 202 g/mol. The largest absolute Gasteiger partial charge is 0.465 e. The van der Waals surface area contributed by atoms with Gasteiger partial charge in [-0.05, 0) is 0 Å². The van der Waals surface area contributed by atoms with Crippen LogP contribution in [0.1, 0.15) is 0 Å². The third-order valence-electron chi connectivity index (χ3n) is 2.18. The van der Waals surface area contributed by atoms with E-state index in [4.69, 9.17) is 4.74 Å². The molecule has 0 bridgehead atoms. The summed E-state index contributed by atoms with van der Waals surface area (Å²) < 4.78 is 9.79. The Bertz CT molecular complexity index is 149. The van der Waals surface area contributed by atoms with Crippen LogP contribution >= 0.6 is 0 Å². The van der Waals surface area contributed by atoms with Crippen LogP contribution in [0.5, 0.6) is 0 Å². The first kappa shape index (κ1) is 11.4. The van der Waals surface area contributed by atoms with Crippen LogP contribution in [-0.4, -0.2) is 63.9 Å². The van der Waals surface area contributed by atoms with Crippen molar-refractivity contribution in [3.63, 3.8) is 0 Å². The summed E-state index contributed by atoms with van der Waals surface area (Å²) >= 11 is 0. The summed E-state index contributed by atoms with van der Waals surface area (Å²) in [5, 5.41) is 3.29. The molecular formula is C9H18N2O3. The molecule has 1 saturated heterocycles. The van der Waals surface area contributed by atoms with Crippen molar-refractivity contribution in [3.8, 4) is 0 Å². The molecule has 0 radical (unpaired) electrons. The average Bonchev–Trinajstić information content (AvgIpc) is 2.25. The highest BCUT2D eigenvalue weighted by atomic mass is 16.5. The first-order valence-electron chi connectivity index (χ1n) is 4.99. The van der Waals surface area contributed by atoms with E-state index in [-0.39, 0.29) is 0 Å². The van der Waals surface area contributed by atoms with E-state index in [0.717, 1.165) is 32.7 Å². The van der Waals surface area contributed by atoms with Gasteiger partial charge in [0.2, 0.25) is 0 Å². The molecule has 0 amide bonds. The third-order valence-corrected chi connectivity index (χ3v) is 2.18. The molecule has 0 atom stereocenters. The molecular weight excluding hydrogens is 184 g/mol. The van der Waals surface area contributed by atoms with Crippen molar-refractivity contribution in [3.05, 3.63) is 0 Å². The fraction of sp³-hybridized carbons (Fsp3) is 0.889. The molecule has 1 heterocycles. The molecule has 1 aliphatic heterocycles. The zero-order chi connectivity index (χ0) is 10.1. The first-order valence-corrected chi connectivity index (χ1v) is 4.99. The van der Waals surface area contributed by atoms with E-state index < -0.39 is 0 Å². The fourth-order valence-corrected chi connectivity index (χ4v) is 1.39. The number of carbonyl (C=O) groups excluding carboxylic acids is 1. The van der Waals surface area contributed by atoms with Crippen molar-refractivity contribution in [2.24, 2.45) is 0 Å². The van der Waals surface area contributed by atoms with Crippen LogP contribution in [0.25, 0.3) is 0 Å². The molecule has 0 spiro atoms. The Hall–Kier alpha value is -0.650. The number of hydrogen-bond acceptors (Lipinski definition) is 5. The SMILES string of the molecule is O=COCCOCCN1CCNCC1. The lowest BCUT2D eigenvalue weighted by Gasteiger charge is -2.26.